The van der Waals surface area contributed by atoms with E-state index in [9.17, 15) is 4.79 Å². The minimum absolute atomic E-state index is 0.246. The zero-order valence-electron chi connectivity index (χ0n) is 17.8. The monoisotopic (exact) mass is 539 g/mol. The quantitative estimate of drug-likeness (QED) is 0.213. The molecule has 0 atom stereocenters. The summed E-state index contributed by atoms with van der Waals surface area (Å²) < 4.78 is 18.2. The highest BCUT2D eigenvalue weighted by atomic mass is 127. The molecule has 3 aromatic carbocycles. The van der Waals surface area contributed by atoms with Gasteiger partial charge in [-0.15, -0.1) is 0 Å². The molecule has 0 amide bonds. The maximum absolute atomic E-state index is 12.4. The van der Waals surface area contributed by atoms with E-state index in [1.165, 1.54) is 5.56 Å². The van der Waals surface area contributed by atoms with Crippen LogP contribution in [0, 0.1) is 10.5 Å². The van der Waals surface area contributed by atoms with Gasteiger partial charge in [-0.3, -0.25) is 0 Å². The third kappa shape index (κ3) is 5.02. The van der Waals surface area contributed by atoms with Crippen LogP contribution in [-0.2, 0) is 16.1 Å². The van der Waals surface area contributed by atoms with E-state index in [1.54, 1.807) is 6.08 Å². The number of aliphatic imine (C=N–C) groups is 1. The Bertz CT molecular complexity index is 1200. The van der Waals surface area contributed by atoms with E-state index in [0.717, 1.165) is 20.3 Å². The fourth-order valence-corrected chi connectivity index (χ4v) is 4.05. The topological polar surface area (TPSA) is 57.1 Å². The third-order valence-corrected chi connectivity index (χ3v) is 5.71. The molecule has 0 radical (unpaired) electrons. The second-order valence-corrected chi connectivity index (χ2v) is 8.34. The fourth-order valence-electron chi connectivity index (χ4n) is 3.27. The Morgan fingerprint density at radius 2 is 1.78 bits per heavy atom. The van der Waals surface area contributed by atoms with Crippen molar-refractivity contribution in [3.63, 3.8) is 0 Å². The van der Waals surface area contributed by atoms with Gasteiger partial charge in [-0.1, -0.05) is 42.5 Å². The molecule has 0 bridgehead atoms. The molecule has 32 heavy (non-hydrogen) atoms. The van der Waals surface area contributed by atoms with Gasteiger partial charge >= 0.3 is 5.97 Å². The lowest BCUT2D eigenvalue weighted by Crippen LogP contribution is -2.05. The van der Waals surface area contributed by atoms with Crippen molar-refractivity contribution in [2.75, 3.05) is 6.61 Å². The predicted octanol–water partition coefficient (Wildman–Crippen LogP) is 5.92. The van der Waals surface area contributed by atoms with Gasteiger partial charge in [0.2, 0.25) is 5.90 Å². The summed E-state index contributed by atoms with van der Waals surface area (Å²) in [5.41, 5.74) is 4.08. The second kappa shape index (κ2) is 9.99. The van der Waals surface area contributed by atoms with Gasteiger partial charge in [0, 0.05) is 5.56 Å². The van der Waals surface area contributed by atoms with Gasteiger partial charge in [-0.2, -0.15) is 0 Å². The van der Waals surface area contributed by atoms with Gasteiger partial charge in [-0.25, -0.2) is 9.79 Å². The fraction of sp³-hybridized carbons (Fsp3) is 0.154. The van der Waals surface area contributed by atoms with E-state index in [1.807, 2.05) is 61.5 Å². The number of carbonyl (C=O) groups is 1. The van der Waals surface area contributed by atoms with E-state index in [-0.39, 0.29) is 5.70 Å². The maximum Gasteiger partial charge on any atom is 0.363 e. The van der Waals surface area contributed by atoms with Crippen molar-refractivity contribution in [1.82, 2.24) is 0 Å². The molecule has 3 aromatic rings. The van der Waals surface area contributed by atoms with Crippen LogP contribution in [0.15, 0.2) is 77.4 Å². The van der Waals surface area contributed by atoms with Crippen molar-refractivity contribution in [3.05, 3.63) is 98.3 Å². The largest absolute Gasteiger partial charge is 0.490 e. The molecule has 5 nitrogen and oxygen atoms in total. The Balaban J connectivity index is 1.62. The predicted molar refractivity (Wildman–Crippen MR) is 133 cm³/mol. The molecule has 6 heteroatoms. The van der Waals surface area contributed by atoms with Crippen molar-refractivity contribution in [1.29, 1.82) is 0 Å². The number of hydrogen-bond donors (Lipinski definition) is 0. The van der Waals surface area contributed by atoms with Gasteiger partial charge in [-0.05, 0) is 83.5 Å². The van der Waals surface area contributed by atoms with Crippen LogP contribution in [0.5, 0.6) is 11.5 Å². The zero-order valence-corrected chi connectivity index (χ0v) is 20.0. The third-order valence-electron chi connectivity index (χ3n) is 4.91. The Kier molecular flexibility index (Phi) is 6.90. The average molecular weight is 539 g/mol. The van der Waals surface area contributed by atoms with Crippen molar-refractivity contribution >= 4 is 40.5 Å². The zero-order chi connectivity index (χ0) is 22.5. The number of hydrogen-bond acceptors (Lipinski definition) is 5. The van der Waals surface area contributed by atoms with Crippen LogP contribution < -0.4 is 9.47 Å². The van der Waals surface area contributed by atoms with E-state index >= 15 is 0 Å². The summed E-state index contributed by atoms with van der Waals surface area (Å²) >= 11 is 2.22. The number of benzene rings is 3. The van der Waals surface area contributed by atoms with Crippen LogP contribution in [0.4, 0.5) is 0 Å². The molecule has 1 heterocycles. The molecule has 0 N–H and O–H groups in total. The van der Waals surface area contributed by atoms with E-state index in [0.29, 0.717) is 30.6 Å². The highest BCUT2D eigenvalue weighted by molar-refractivity contribution is 14.1. The number of aryl methyl sites for hydroxylation is 1. The molecule has 0 unspecified atom stereocenters. The molecule has 162 valence electrons. The van der Waals surface area contributed by atoms with E-state index in [2.05, 4.69) is 46.6 Å². The molecule has 0 aliphatic carbocycles. The normalized spacial score (nSPS) is 14.3. The van der Waals surface area contributed by atoms with Gasteiger partial charge in [0.15, 0.2) is 17.2 Å². The minimum atomic E-state index is -0.475. The van der Waals surface area contributed by atoms with Crippen LogP contribution >= 0.6 is 22.6 Å². The summed E-state index contributed by atoms with van der Waals surface area (Å²) in [6.07, 6.45) is 1.70. The van der Waals surface area contributed by atoms with E-state index in [4.69, 9.17) is 14.2 Å². The standard InChI is InChI=1S/C26H22INO4/c1-3-30-23-15-18(13-21(27)24(23)31-16-20-12-8-7-9-17(20)2)14-22-26(29)32-25(28-22)19-10-5-4-6-11-19/h4-15H,3,16H2,1-2H3/b22-14-. The average Bonchev–Trinajstić information content (AvgIpc) is 3.15. The smallest absolute Gasteiger partial charge is 0.363 e. The molecule has 0 spiro atoms. The molecule has 0 saturated carbocycles. The lowest BCUT2D eigenvalue weighted by atomic mass is 10.1. The molecule has 0 saturated heterocycles. The highest BCUT2D eigenvalue weighted by Gasteiger charge is 2.24. The maximum atomic E-state index is 12.4. The summed E-state index contributed by atoms with van der Waals surface area (Å²) in [7, 11) is 0. The first-order valence-corrected chi connectivity index (χ1v) is 11.3. The second-order valence-electron chi connectivity index (χ2n) is 7.18. The van der Waals surface area contributed by atoms with Crippen molar-refractivity contribution < 1.29 is 19.0 Å². The molecule has 0 fully saturated rings. The Labute approximate surface area is 200 Å². The molecular formula is C26H22INO4. The highest BCUT2D eigenvalue weighted by Crippen LogP contribution is 2.36. The minimum Gasteiger partial charge on any atom is -0.490 e. The van der Waals surface area contributed by atoms with Gasteiger partial charge in [0.1, 0.15) is 6.61 Å². The molecule has 1 aliphatic rings. The molecule has 0 aromatic heterocycles. The van der Waals surface area contributed by atoms with Gasteiger partial charge in [0.05, 0.1) is 10.2 Å². The number of rotatable bonds is 7. The number of esters is 1. The first-order chi connectivity index (χ1) is 15.5. The summed E-state index contributed by atoms with van der Waals surface area (Å²) in [6.45, 7) is 4.93. The summed E-state index contributed by atoms with van der Waals surface area (Å²) in [4.78, 5) is 16.7. The number of halogens is 1. The van der Waals surface area contributed by atoms with Gasteiger partial charge < -0.3 is 14.2 Å². The Morgan fingerprint density at radius 3 is 2.53 bits per heavy atom. The van der Waals surface area contributed by atoms with Crippen molar-refractivity contribution in [2.24, 2.45) is 4.99 Å². The van der Waals surface area contributed by atoms with Crippen LogP contribution in [-0.4, -0.2) is 18.5 Å². The summed E-state index contributed by atoms with van der Waals surface area (Å²) in [5, 5.41) is 0. The molecule has 4 rings (SSSR count). The Hall–Kier alpha value is -3.13. The van der Waals surface area contributed by atoms with Crippen LogP contribution in [0.1, 0.15) is 29.2 Å². The number of carbonyl (C=O) groups excluding carboxylic acids is 1. The van der Waals surface area contributed by atoms with Crippen molar-refractivity contribution in [3.8, 4) is 11.5 Å². The number of ether oxygens (including phenoxy) is 3. The van der Waals surface area contributed by atoms with Crippen molar-refractivity contribution in [2.45, 2.75) is 20.5 Å². The van der Waals surface area contributed by atoms with Gasteiger partial charge in [0.25, 0.3) is 0 Å². The summed E-state index contributed by atoms with van der Waals surface area (Å²) in [5.74, 6) is 1.13. The van der Waals surface area contributed by atoms with Crippen LogP contribution in [0.3, 0.4) is 0 Å². The number of nitrogens with zero attached hydrogens (tertiary/aromatic N) is 1. The first-order valence-electron chi connectivity index (χ1n) is 10.3. The van der Waals surface area contributed by atoms with E-state index < -0.39 is 5.97 Å². The molecule has 1 aliphatic heterocycles. The SMILES string of the molecule is CCOc1cc(/C=C2\N=C(c3ccccc3)OC2=O)cc(I)c1OCc1ccccc1C. The summed E-state index contributed by atoms with van der Waals surface area (Å²) in [6, 6.07) is 21.3. The first kappa shape index (κ1) is 22.1. The Morgan fingerprint density at radius 1 is 1.03 bits per heavy atom. The molecular weight excluding hydrogens is 517 g/mol. The van der Waals surface area contributed by atoms with Crippen LogP contribution in [0.25, 0.3) is 6.08 Å². The van der Waals surface area contributed by atoms with Crippen LogP contribution in [0.2, 0.25) is 0 Å². The number of cyclic esters (lactones) is 1. The lowest BCUT2D eigenvalue weighted by molar-refractivity contribution is -0.129. The lowest BCUT2D eigenvalue weighted by Gasteiger charge is -2.15.